The maximum Gasteiger partial charge on any atom is 0.335 e. The van der Waals surface area contributed by atoms with Gasteiger partial charge in [-0.25, -0.2) is 4.79 Å². The van der Waals surface area contributed by atoms with Crippen molar-refractivity contribution >= 4 is 11.9 Å². The monoisotopic (exact) mass is 261 g/mol. The molecule has 0 spiro atoms. The fourth-order valence-corrected chi connectivity index (χ4v) is 2.42. The molecule has 0 aliphatic heterocycles. The fourth-order valence-electron chi connectivity index (χ4n) is 2.42. The SMILES string of the molecule is CC(C)N(C(=O)c1cccc(C(=O)O)c1)C1CCC1. The Morgan fingerprint density at radius 2 is 1.89 bits per heavy atom. The number of hydrogen-bond donors (Lipinski definition) is 1. The topological polar surface area (TPSA) is 57.6 Å². The largest absolute Gasteiger partial charge is 0.478 e. The highest BCUT2D eigenvalue weighted by Crippen LogP contribution is 2.28. The van der Waals surface area contributed by atoms with Crippen molar-refractivity contribution in [1.82, 2.24) is 4.90 Å². The van der Waals surface area contributed by atoms with Gasteiger partial charge >= 0.3 is 5.97 Å². The number of amides is 1. The summed E-state index contributed by atoms with van der Waals surface area (Å²) in [6.07, 6.45) is 3.25. The maximum absolute atomic E-state index is 12.5. The Morgan fingerprint density at radius 3 is 2.37 bits per heavy atom. The predicted molar refractivity (Wildman–Crippen MR) is 72.3 cm³/mol. The van der Waals surface area contributed by atoms with Crippen LogP contribution in [0.4, 0.5) is 0 Å². The average molecular weight is 261 g/mol. The maximum atomic E-state index is 12.5. The summed E-state index contributed by atoms with van der Waals surface area (Å²) in [5.41, 5.74) is 0.615. The van der Waals surface area contributed by atoms with Crippen LogP contribution >= 0.6 is 0 Å². The molecule has 0 atom stereocenters. The number of nitrogens with zero attached hydrogens (tertiary/aromatic N) is 1. The Balaban J connectivity index is 2.26. The molecule has 1 aromatic carbocycles. The van der Waals surface area contributed by atoms with Crippen LogP contribution in [0.1, 0.15) is 53.8 Å². The minimum Gasteiger partial charge on any atom is -0.478 e. The number of rotatable bonds is 4. The summed E-state index contributed by atoms with van der Waals surface area (Å²) in [6, 6.07) is 6.70. The van der Waals surface area contributed by atoms with Gasteiger partial charge in [-0.2, -0.15) is 0 Å². The molecule has 19 heavy (non-hydrogen) atoms. The van der Waals surface area contributed by atoms with Gasteiger partial charge in [0, 0.05) is 17.6 Å². The number of carboxylic acids is 1. The van der Waals surface area contributed by atoms with Crippen LogP contribution in [0.25, 0.3) is 0 Å². The summed E-state index contributed by atoms with van der Waals surface area (Å²) < 4.78 is 0. The van der Waals surface area contributed by atoms with Crippen molar-refractivity contribution in [2.75, 3.05) is 0 Å². The lowest BCUT2D eigenvalue weighted by Crippen LogP contribution is -2.48. The normalized spacial score (nSPS) is 15.1. The molecule has 1 aliphatic rings. The number of benzene rings is 1. The highest BCUT2D eigenvalue weighted by Gasteiger charge is 2.31. The lowest BCUT2D eigenvalue weighted by molar-refractivity contribution is 0.0489. The third-order valence-electron chi connectivity index (χ3n) is 3.62. The Morgan fingerprint density at radius 1 is 1.26 bits per heavy atom. The van der Waals surface area contributed by atoms with E-state index in [1.165, 1.54) is 12.1 Å². The molecule has 102 valence electrons. The van der Waals surface area contributed by atoms with Crippen molar-refractivity contribution in [3.05, 3.63) is 35.4 Å². The van der Waals surface area contributed by atoms with Crippen LogP contribution in [0.15, 0.2) is 24.3 Å². The molecular weight excluding hydrogens is 242 g/mol. The van der Waals surface area contributed by atoms with E-state index in [9.17, 15) is 9.59 Å². The van der Waals surface area contributed by atoms with Gasteiger partial charge in [-0.15, -0.1) is 0 Å². The van der Waals surface area contributed by atoms with Gasteiger partial charge in [0.25, 0.3) is 5.91 Å². The smallest absolute Gasteiger partial charge is 0.335 e. The van der Waals surface area contributed by atoms with Crippen molar-refractivity contribution < 1.29 is 14.7 Å². The van der Waals surface area contributed by atoms with Crippen LogP contribution in [0, 0.1) is 0 Å². The van der Waals surface area contributed by atoms with Gasteiger partial charge in [-0.3, -0.25) is 4.79 Å². The number of carbonyl (C=O) groups is 2. The van der Waals surface area contributed by atoms with E-state index in [2.05, 4.69) is 0 Å². The molecule has 1 amide bonds. The quantitative estimate of drug-likeness (QED) is 0.906. The Bertz CT molecular complexity index is 492. The minimum atomic E-state index is -1.01. The Labute approximate surface area is 113 Å². The van der Waals surface area contributed by atoms with Crippen molar-refractivity contribution in [2.24, 2.45) is 0 Å². The van der Waals surface area contributed by atoms with E-state index in [4.69, 9.17) is 5.11 Å². The van der Waals surface area contributed by atoms with Gasteiger partial charge in [-0.05, 0) is 51.3 Å². The fraction of sp³-hybridized carbons (Fsp3) is 0.467. The number of carbonyl (C=O) groups excluding carboxylic acids is 1. The van der Waals surface area contributed by atoms with Gasteiger partial charge in [-0.1, -0.05) is 6.07 Å². The van der Waals surface area contributed by atoms with Crippen LogP contribution in [-0.4, -0.2) is 34.0 Å². The summed E-state index contributed by atoms with van der Waals surface area (Å²) in [5.74, 6) is -1.07. The van der Waals surface area contributed by atoms with Crippen molar-refractivity contribution in [2.45, 2.75) is 45.2 Å². The Kier molecular flexibility index (Phi) is 3.88. The molecule has 0 unspecified atom stereocenters. The molecule has 1 fully saturated rings. The first kappa shape index (κ1) is 13.6. The van der Waals surface area contributed by atoms with Crippen molar-refractivity contribution in [3.63, 3.8) is 0 Å². The number of carboxylic acid groups (broad SMARTS) is 1. The summed E-state index contributed by atoms with van der Waals surface area (Å²) >= 11 is 0. The summed E-state index contributed by atoms with van der Waals surface area (Å²) in [4.78, 5) is 25.4. The van der Waals surface area contributed by atoms with Crippen LogP contribution in [0.5, 0.6) is 0 Å². The molecule has 4 heteroatoms. The second kappa shape index (κ2) is 5.43. The van der Waals surface area contributed by atoms with E-state index in [0.717, 1.165) is 19.3 Å². The first-order chi connectivity index (χ1) is 9.00. The summed E-state index contributed by atoms with van der Waals surface area (Å²) in [5, 5.41) is 8.98. The van der Waals surface area contributed by atoms with Crippen LogP contribution in [0.3, 0.4) is 0 Å². The van der Waals surface area contributed by atoms with E-state index in [0.29, 0.717) is 11.6 Å². The van der Waals surface area contributed by atoms with Crippen molar-refractivity contribution in [1.29, 1.82) is 0 Å². The summed E-state index contributed by atoms with van der Waals surface area (Å²) in [6.45, 7) is 3.99. The van der Waals surface area contributed by atoms with Crippen molar-refractivity contribution in [3.8, 4) is 0 Å². The van der Waals surface area contributed by atoms with E-state index < -0.39 is 5.97 Å². The molecule has 1 saturated carbocycles. The van der Waals surface area contributed by atoms with Gasteiger partial charge < -0.3 is 10.0 Å². The Hall–Kier alpha value is -1.84. The molecule has 0 aromatic heterocycles. The molecular formula is C15H19NO3. The zero-order valence-corrected chi connectivity index (χ0v) is 11.3. The van der Waals surface area contributed by atoms with Gasteiger partial charge in [0.2, 0.25) is 0 Å². The van der Waals surface area contributed by atoms with E-state index in [1.807, 2.05) is 18.7 Å². The zero-order valence-electron chi connectivity index (χ0n) is 11.3. The predicted octanol–water partition coefficient (Wildman–Crippen LogP) is 2.79. The average Bonchev–Trinajstić information content (AvgIpc) is 2.32. The number of hydrogen-bond acceptors (Lipinski definition) is 2. The third-order valence-corrected chi connectivity index (χ3v) is 3.62. The first-order valence-corrected chi connectivity index (χ1v) is 6.66. The molecule has 0 heterocycles. The minimum absolute atomic E-state index is 0.0669. The van der Waals surface area contributed by atoms with Gasteiger partial charge in [0.1, 0.15) is 0 Å². The zero-order chi connectivity index (χ0) is 14.0. The van der Waals surface area contributed by atoms with E-state index in [1.54, 1.807) is 12.1 Å². The molecule has 1 aliphatic carbocycles. The molecule has 4 nitrogen and oxygen atoms in total. The van der Waals surface area contributed by atoms with Crippen LogP contribution in [-0.2, 0) is 0 Å². The molecule has 0 radical (unpaired) electrons. The molecule has 0 saturated heterocycles. The third kappa shape index (κ3) is 2.78. The highest BCUT2D eigenvalue weighted by molar-refractivity contribution is 5.97. The molecule has 1 N–H and O–H groups in total. The molecule has 1 aromatic rings. The van der Waals surface area contributed by atoms with Gasteiger partial charge in [0.05, 0.1) is 5.56 Å². The summed E-state index contributed by atoms with van der Waals surface area (Å²) in [7, 11) is 0. The lowest BCUT2D eigenvalue weighted by atomic mass is 9.90. The first-order valence-electron chi connectivity index (χ1n) is 6.66. The van der Waals surface area contributed by atoms with Crippen LogP contribution < -0.4 is 0 Å². The second-order valence-electron chi connectivity index (χ2n) is 5.28. The van der Waals surface area contributed by atoms with E-state index in [-0.39, 0.29) is 17.5 Å². The molecule has 2 rings (SSSR count). The standard InChI is InChI=1S/C15H19NO3/c1-10(2)16(13-7-4-8-13)14(17)11-5-3-6-12(9-11)15(18)19/h3,5-6,9-10,13H,4,7-8H2,1-2H3,(H,18,19). The second-order valence-corrected chi connectivity index (χ2v) is 5.28. The number of aromatic carboxylic acids is 1. The molecule has 0 bridgehead atoms. The highest BCUT2D eigenvalue weighted by atomic mass is 16.4. The van der Waals surface area contributed by atoms with Gasteiger partial charge in [0.15, 0.2) is 0 Å². The van der Waals surface area contributed by atoms with E-state index >= 15 is 0 Å². The van der Waals surface area contributed by atoms with Crippen LogP contribution in [0.2, 0.25) is 0 Å². The lowest BCUT2D eigenvalue weighted by Gasteiger charge is -2.40.